The lowest BCUT2D eigenvalue weighted by molar-refractivity contribution is -0.386. The number of aliphatic hydroxyl groups is 1. The predicted molar refractivity (Wildman–Crippen MR) is 83.5 cm³/mol. The van der Waals surface area contributed by atoms with Crippen molar-refractivity contribution in [2.45, 2.75) is 12.5 Å². The number of nitro benzene ring substituents is 1. The zero-order chi connectivity index (χ0) is 15.5. The Bertz CT molecular complexity index is 833. The minimum absolute atomic E-state index is 0.0733. The Morgan fingerprint density at radius 3 is 2.59 bits per heavy atom. The van der Waals surface area contributed by atoms with Crippen LogP contribution in [0.3, 0.4) is 0 Å². The van der Waals surface area contributed by atoms with E-state index in [1.165, 1.54) is 6.07 Å². The molecule has 0 spiro atoms. The van der Waals surface area contributed by atoms with Crippen molar-refractivity contribution in [1.82, 2.24) is 4.98 Å². The molecule has 5 heteroatoms. The minimum atomic E-state index is -0.963. The molecule has 1 N–H and O–H groups in total. The van der Waals surface area contributed by atoms with Gasteiger partial charge in [0.05, 0.1) is 22.1 Å². The third-order valence-electron chi connectivity index (χ3n) is 3.55. The standard InChI is InChI=1S/C17H14N2O3/c20-17(14-6-2-4-8-16(14)19(21)22)11-13-10-9-12-5-1-3-7-15(12)18-13/h1-10,17,20H,11H2. The third kappa shape index (κ3) is 2.80. The first-order chi connectivity index (χ1) is 10.6. The summed E-state index contributed by atoms with van der Waals surface area (Å²) in [5, 5.41) is 22.4. The van der Waals surface area contributed by atoms with Gasteiger partial charge in [0.25, 0.3) is 5.69 Å². The number of nitro groups is 1. The smallest absolute Gasteiger partial charge is 0.275 e. The van der Waals surface area contributed by atoms with E-state index in [-0.39, 0.29) is 12.1 Å². The van der Waals surface area contributed by atoms with Gasteiger partial charge in [-0.1, -0.05) is 36.4 Å². The molecule has 0 aliphatic heterocycles. The molecule has 1 aromatic heterocycles. The number of para-hydroxylation sites is 2. The van der Waals surface area contributed by atoms with E-state index < -0.39 is 11.0 Å². The summed E-state index contributed by atoms with van der Waals surface area (Å²) in [6.07, 6.45) is -0.731. The van der Waals surface area contributed by atoms with Gasteiger partial charge in [-0.05, 0) is 18.2 Å². The highest BCUT2D eigenvalue weighted by Gasteiger charge is 2.20. The molecule has 0 amide bonds. The molecule has 0 saturated heterocycles. The largest absolute Gasteiger partial charge is 0.388 e. The van der Waals surface area contributed by atoms with Crippen LogP contribution < -0.4 is 0 Å². The molecule has 1 heterocycles. The Balaban J connectivity index is 1.90. The van der Waals surface area contributed by atoms with Gasteiger partial charge in [-0.2, -0.15) is 0 Å². The fourth-order valence-corrected chi connectivity index (χ4v) is 2.47. The molecular weight excluding hydrogens is 280 g/mol. The van der Waals surface area contributed by atoms with Gasteiger partial charge in [0, 0.05) is 23.6 Å². The lowest BCUT2D eigenvalue weighted by atomic mass is 10.0. The SMILES string of the molecule is O=[N+]([O-])c1ccccc1C(O)Cc1ccc2ccccc2n1. The highest BCUT2D eigenvalue weighted by atomic mass is 16.6. The first kappa shape index (κ1) is 14.2. The summed E-state index contributed by atoms with van der Waals surface area (Å²) in [5.74, 6) is 0. The highest BCUT2D eigenvalue weighted by molar-refractivity contribution is 5.78. The number of hydrogen-bond acceptors (Lipinski definition) is 4. The van der Waals surface area contributed by atoms with E-state index in [4.69, 9.17) is 0 Å². The van der Waals surface area contributed by atoms with Crippen LogP contribution in [0.25, 0.3) is 10.9 Å². The number of nitrogens with zero attached hydrogens (tertiary/aromatic N) is 2. The molecule has 0 aliphatic rings. The monoisotopic (exact) mass is 294 g/mol. The quantitative estimate of drug-likeness (QED) is 0.591. The summed E-state index contributed by atoms with van der Waals surface area (Å²) >= 11 is 0. The molecule has 0 aliphatic carbocycles. The number of aromatic nitrogens is 1. The zero-order valence-electron chi connectivity index (χ0n) is 11.7. The van der Waals surface area contributed by atoms with Crippen LogP contribution in [-0.2, 0) is 6.42 Å². The topological polar surface area (TPSA) is 76.3 Å². The third-order valence-corrected chi connectivity index (χ3v) is 3.55. The van der Waals surface area contributed by atoms with Crippen LogP contribution in [0.5, 0.6) is 0 Å². The minimum Gasteiger partial charge on any atom is -0.388 e. The summed E-state index contributed by atoms with van der Waals surface area (Å²) in [4.78, 5) is 15.0. The summed E-state index contributed by atoms with van der Waals surface area (Å²) in [6.45, 7) is 0. The van der Waals surface area contributed by atoms with Gasteiger partial charge in [0.15, 0.2) is 0 Å². The number of fused-ring (bicyclic) bond motifs is 1. The first-order valence-corrected chi connectivity index (χ1v) is 6.91. The van der Waals surface area contributed by atoms with Gasteiger partial charge in [0.2, 0.25) is 0 Å². The molecule has 0 saturated carbocycles. The summed E-state index contributed by atoms with van der Waals surface area (Å²) in [7, 11) is 0. The summed E-state index contributed by atoms with van der Waals surface area (Å²) < 4.78 is 0. The van der Waals surface area contributed by atoms with Gasteiger partial charge in [-0.15, -0.1) is 0 Å². The van der Waals surface area contributed by atoms with Gasteiger partial charge >= 0.3 is 0 Å². The van der Waals surface area contributed by atoms with Crippen LogP contribution in [0.2, 0.25) is 0 Å². The molecule has 2 aromatic carbocycles. The van der Waals surface area contributed by atoms with E-state index in [1.54, 1.807) is 18.2 Å². The van der Waals surface area contributed by atoms with E-state index in [2.05, 4.69) is 4.98 Å². The van der Waals surface area contributed by atoms with Crippen LogP contribution >= 0.6 is 0 Å². The van der Waals surface area contributed by atoms with E-state index in [9.17, 15) is 15.2 Å². The maximum atomic E-state index is 11.0. The maximum absolute atomic E-state index is 11.0. The normalized spacial score (nSPS) is 12.2. The predicted octanol–water partition coefficient (Wildman–Crippen LogP) is 3.42. The fourth-order valence-electron chi connectivity index (χ4n) is 2.47. The zero-order valence-corrected chi connectivity index (χ0v) is 11.7. The highest BCUT2D eigenvalue weighted by Crippen LogP contribution is 2.27. The fraction of sp³-hybridized carbons (Fsp3) is 0.118. The lowest BCUT2D eigenvalue weighted by Crippen LogP contribution is -2.06. The van der Waals surface area contributed by atoms with Crippen molar-refractivity contribution in [3.05, 3.63) is 82.0 Å². The van der Waals surface area contributed by atoms with Crippen molar-refractivity contribution in [2.24, 2.45) is 0 Å². The molecule has 1 atom stereocenters. The molecule has 3 rings (SSSR count). The average molecular weight is 294 g/mol. The molecule has 5 nitrogen and oxygen atoms in total. The molecule has 3 aromatic rings. The van der Waals surface area contributed by atoms with E-state index >= 15 is 0 Å². The van der Waals surface area contributed by atoms with Crippen LogP contribution in [-0.4, -0.2) is 15.0 Å². The second-order valence-corrected chi connectivity index (χ2v) is 5.03. The molecule has 1 unspecified atom stereocenters. The Morgan fingerprint density at radius 1 is 1.05 bits per heavy atom. The van der Waals surface area contributed by atoms with Crippen molar-refractivity contribution in [2.75, 3.05) is 0 Å². The first-order valence-electron chi connectivity index (χ1n) is 6.91. The van der Waals surface area contributed by atoms with Crippen molar-refractivity contribution >= 4 is 16.6 Å². The molecule has 22 heavy (non-hydrogen) atoms. The van der Waals surface area contributed by atoms with Gasteiger partial charge in [-0.25, -0.2) is 0 Å². The van der Waals surface area contributed by atoms with Crippen molar-refractivity contribution in [1.29, 1.82) is 0 Å². The second-order valence-electron chi connectivity index (χ2n) is 5.03. The lowest BCUT2D eigenvalue weighted by Gasteiger charge is -2.11. The number of rotatable bonds is 4. The maximum Gasteiger partial charge on any atom is 0.275 e. The van der Waals surface area contributed by atoms with Crippen LogP contribution in [0.1, 0.15) is 17.4 Å². The molecule has 110 valence electrons. The Hall–Kier alpha value is -2.79. The Kier molecular flexibility index (Phi) is 3.80. The number of aliphatic hydroxyl groups excluding tert-OH is 1. The van der Waals surface area contributed by atoms with E-state index in [0.717, 1.165) is 10.9 Å². The van der Waals surface area contributed by atoms with E-state index in [0.29, 0.717) is 11.3 Å². The van der Waals surface area contributed by atoms with Crippen molar-refractivity contribution in [3.8, 4) is 0 Å². The number of hydrogen-bond donors (Lipinski definition) is 1. The summed E-state index contributed by atoms with van der Waals surface area (Å²) in [6, 6.07) is 17.7. The van der Waals surface area contributed by atoms with Crippen molar-refractivity contribution in [3.63, 3.8) is 0 Å². The molecule has 0 radical (unpaired) electrons. The Morgan fingerprint density at radius 2 is 1.77 bits per heavy atom. The number of benzene rings is 2. The second kappa shape index (κ2) is 5.91. The van der Waals surface area contributed by atoms with Gasteiger partial charge < -0.3 is 5.11 Å². The molecular formula is C17H14N2O3. The van der Waals surface area contributed by atoms with E-state index in [1.807, 2.05) is 36.4 Å². The average Bonchev–Trinajstić information content (AvgIpc) is 2.54. The van der Waals surface area contributed by atoms with Crippen LogP contribution in [0.4, 0.5) is 5.69 Å². The van der Waals surface area contributed by atoms with Crippen molar-refractivity contribution < 1.29 is 10.0 Å². The molecule has 0 fully saturated rings. The van der Waals surface area contributed by atoms with Gasteiger partial charge in [-0.3, -0.25) is 15.1 Å². The van der Waals surface area contributed by atoms with Crippen LogP contribution in [0.15, 0.2) is 60.7 Å². The van der Waals surface area contributed by atoms with Gasteiger partial charge in [0.1, 0.15) is 0 Å². The Labute approximate surface area is 127 Å². The van der Waals surface area contributed by atoms with Crippen LogP contribution in [0, 0.1) is 10.1 Å². The summed E-state index contributed by atoms with van der Waals surface area (Å²) in [5.41, 5.74) is 1.78. The number of pyridine rings is 1. The molecule has 0 bridgehead atoms.